The van der Waals surface area contributed by atoms with Crippen molar-refractivity contribution in [2.24, 2.45) is 0 Å². The summed E-state index contributed by atoms with van der Waals surface area (Å²) in [6.07, 6.45) is 1.78. The van der Waals surface area contributed by atoms with Crippen molar-refractivity contribution in [3.8, 4) is 5.75 Å². The van der Waals surface area contributed by atoms with Gasteiger partial charge in [0.05, 0.1) is 18.5 Å². The fraction of sp³-hybridized carbons (Fsp3) is 0.125. The average molecular weight is 333 g/mol. The zero-order valence-corrected chi connectivity index (χ0v) is 12.9. The van der Waals surface area contributed by atoms with Gasteiger partial charge in [-0.15, -0.1) is 0 Å². The SMILES string of the molecule is C=CN(Cc1ccc(OC)cc1)c1cc(Br)ccc1N. The Morgan fingerprint density at radius 1 is 1.25 bits per heavy atom. The van der Waals surface area contributed by atoms with E-state index in [0.717, 1.165) is 27.2 Å². The fourth-order valence-electron chi connectivity index (χ4n) is 1.94. The van der Waals surface area contributed by atoms with Crippen molar-refractivity contribution in [3.05, 3.63) is 65.3 Å². The van der Waals surface area contributed by atoms with Crippen LogP contribution in [0.1, 0.15) is 5.56 Å². The van der Waals surface area contributed by atoms with E-state index in [2.05, 4.69) is 22.5 Å². The van der Waals surface area contributed by atoms with Gasteiger partial charge in [0.15, 0.2) is 0 Å². The molecule has 0 aliphatic carbocycles. The number of benzene rings is 2. The van der Waals surface area contributed by atoms with E-state index in [9.17, 15) is 0 Å². The summed E-state index contributed by atoms with van der Waals surface area (Å²) in [7, 11) is 1.66. The van der Waals surface area contributed by atoms with Crippen LogP contribution in [0.5, 0.6) is 5.75 Å². The molecule has 0 heterocycles. The molecule has 0 saturated carbocycles. The fourth-order valence-corrected chi connectivity index (χ4v) is 2.29. The summed E-state index contributed by atoms with van der Waals surface area (Å²) in [6, 6.07) is 13.7. The minimum Gasteiger partial charge on any atom is -0.497 e. The molecule has 20 heavy (non-hydrogen) atoms. The number of nitrogen functional groups attached to an aromatic ring is 1. The maximum atomic E-state index is 6.03. The second-order valence-electron chi connectivity index (χ2n) is 4.36. The molecule has 2 aromatic carbocycles. The molecule has 4 heteroatoms. The van der Waals surface area contributed by atoms with Crippen molar-refractivity contribution in [2.45, 2.75) is 6.54 Å². The Kier molecular flexibility index (Phi) is 4.69. The van der Waals surface area contributed by atoms with Crippen molar-refractivity contribution in [1.29, 1.82) is 0 Å². The third-order valence-electron chi connectivity index (χ3n) is 3.03. The lowest BCUT2D eigenvalue weighted by Crippen LogP contribution is -2.16. The highest BCUT2D eigenvalue weighted by Gasteiger charge is 2.08. The van der Waals surface area contributed by atoms with E-state index in [0.29, 0.717) is 6.54 Å². The number of anilines is 2. The molecule has 2 rings (SSSR count). The van der Waals surface area contributed by atoms with Crippen LogP contribution in [-0.4, -0.2) is 7.11 Å². The van der Waals surface area contributed by atoms with Gasteiger partial charge in [-0.05, 0) is 42.1 Å². The minimum atomic E-state index is 0.703. The lowest BCUT2D eigenvalue weighted by atomic mass is 10.2. The molecule has 0 radical (unpaired) electrons. The summed E-state index contributed by atoms with van der Waals surface area (Å²) >= 11 is 3.47. The van der Waals surface area contributed by atoms with Crippen LogP contribution in [0.3, 0.4) is 0 Å². The molecule has 0 aromatic heterocycles. The van der Waals surface area contributed by atoms with Crippen molar-refractivity contribution in [1.82, 2.24) is 0 Å². The standard InChI is InChI=1S/C16H17BrN2O/c1-3-19(16-10-13(17)6-9-15(16)18)11-12-4-7-14(20-2)8-5-12/h3-10H,1,11,18H2,2H3. The summed E-state index contributed by atoms with van der Waals surface area (Å²) in [6.45, 7) is 4.57. The molecule has 0 atom stereocenters. The zero-order valence-electron chi connectivity index (χ0n) is 11.3. The molecule has 3 nitrogen and oxygen atoms in total. The highest BCUT2D eigenvalue weighted by molar-refractivity contribution is 9.10. The number of halogens is 1. The van der Waals surface area contributed by atoms with Gasteiger partial charge in [-0.3, -0.25) is 0 Å². The molecule has 0 unspecified atom stereocenters. The predicted octanol–water partition coefficient (Wildman–Crippen LogP) is 4.19. The van der Waals surface area contributed by atoms with Crippen molar-refractivity contribution >= 4 is 27.3 Å². The number of ether oxygens (including phenoxy) is 1. The Labute approximate surface area is 127 Å². The number of nitrogens with two attached hydrogens (primary N) is 1. The molecule has 2 aromatic rings. The van der Waals surface area contributed by atoms with Gasteiger partial charge in [-0.2, -0.15) is 0 Å². The molecule has 0 saturated heterocycles. The maximum Gasteiger partial charge on any atom is 0.118 e. The number of rotatable bonds is 5. The van der Waals surface area contributed by atoms with E-state index in [1.165, 1.54) is 0 Å². The normalized spacial score (nSPS) is 10.1. The van der Waals surface area contributed by atoms with Crippen molar-refractivity contribution in [2.75, 3.05) is 17.7 Å². The first-order valence-corrected chi connectivity index (χ1v) is 7.00. The Bertz CT molecular complexity index is 596. The number of hydrogen-bond donors (Lipinski definition) is 1. The second-order valence-corrected chi connectivity index (χ2v) is 5.28. The quantitative estimate of drug-likeness (QED) is 0.834. The monoisotopic (exact) mass is 332 g/mol. The number of hydrogen-bond acceptors (Lipinski definition) is 3. The lowest BCUT2D eigenvalue weighted by molar-refractivity contribution is 0.414. The third kappa shape index (κ3) is 3.33. The summed E-state index contributed by atoms with van der Waals surface area (Å²) in [5, 5.41) is 0. The van der Waals surface area contributed by atoms with Crippen molar-refractivity contribution in [3.63, 3.8) is 0 Å². The Hall–Kier alpha value is -1.94. The lowest BCUT2D eigenvalue weighted by Gasteiger charge is -2.22. The Morgan fingerprint density at radius 3 is 2.55 bits per heavy atom. The Balaban J connectivity index is 2.23. The van der Waals surface area contributed by atoms with E-state index in [1.807, 2.05) is 47.4 Å². The van der Waals surface area contributed by atoms with Crippen LogP contribution >= 0.6 is 15.9 Å². The van der Waals surface area contributed by atoms with E-state index < -0.39 is 0 Å². The molecule has 0 fully saturated rings. The topological polar surface area (TPSA) is 38.5 Å². The summed E-state index contributed by atoms with van der Waals surface area (Å²) in [5.74, 6) is 0.848. The molecule has 104 valence electrons. The van der Waals surface area contributed by atoms with E-state index >= 15 is 0 Å². The first-order valence-electron chi connectivity index (χ1n) is 6.21. The molecule has 0 aliphatic heterocycles. The number of methoxy groups -OCH3 is 1. The summed E-state index contributed by atoms with van der Waals surface area (Å²) < 4.78 is 6.15. The van der Waals surface area contributed by atoms with E-state index in [1.54, 1.807) is 13.3 Å². The molecule has 0 bridgehead atoms. The molecular formula is C16H17BrN2O. The third-order valence-corrected chi connectivity index (χ3v) is 3.53. The molecular weight excluding hydrogens is 316 g/mol. The molecule has 0 amide bonds. The van der Waals surface area contributed by atoms with Crippen LogP contribution in [0.15, 0.2) is 59.7 Å². The average Bonchev–Trinajstić information content (AvgIpc) is 2.48. The Morgan fingerprint density at radius 2 is 1.95 bits per heavy atom. The van der Waals surface area contributed by atoms with Gasteiger partial charge in [-0.1, -0.05) is 34.6 Å². The smallest absolute Gasteiger partial charge is 0.118 e. The molecule has 0 spiro atoms. The zero-order chi connectivity index (χ0) is 14.5. The first kappa shape index (κ1) is 14.5. The van der Waals surface area contributed by atoms with Crippen LogP contribution in [0.2, 0.25) is 0 Å². The van der Waals surface area contributed by atoms with Crippen LogP contribution in [0, 0.1) is 0 Å². The van der Waals surface area contributed by atoms with Gasteiger partial charge in [0.25, 0.3) is 0 Å². The highest BCUT2D eigenvalue weighted by atomic mass is 79.9. The van der Waals surface area contributed by atoms with Crippen LogP contribution in [-0.2, 0) is 6.54 Å². The first-order chi connectivity index (χ1) is 9.63. The van der Waals surface area contributed by atoms with Gasteiger partial charge < -0.3 is 15.4 Å². The van der Waals surface area contributed by atoms with Gasteiger partial charge in [0, 0.05) is 11.0 Å². The van der Waals surface area contributed by atoms with Crippen LogP contribution < -0.4 is 15.4 Å². The largest absolute Gasteiger partial charge is 0.497 e. The molecule has 0 aliphatic rings. The summed E-state index contributed by atoms with van der Waals surface area (Å²) in [5.41, 5.74) is 8.85. The summed E-state index contributed by atoms with van der Waals surface area (Å²) in [4.78, 5) is 2.02. The van der Waals surface area contributed by atoms with Crippen LogP contribution in [0.4, 0.5) is 11.4 Å². The minimum absolute atomic E-state index is 0.703. The maximum absolute atomic E-state index is 6.03. The van der Waals surface area contributed by atoms with Crippen molar-refractivity contribution < 1.29 is 4.74 Å². The van der Waals surface area contributed by atoms with Gasteiger partial charge in [0.1, 0.15) is 5.75 Å². The predicted molar refractivity (Wildman–Crippen MR) is 87.9 cm³/mol. The van der Waals surface area contributed by atoms with E-state index in [-0.39, 0.29) is 0 Å². The molecule has 2 N–H and O–H groups in total. The van der Waals surface area contributed by atoms with Gasteiger partial charge >= 0.3 is 0 Å². The van der Waals surface area contributed by atoms with Crippen LogP contribution in [0.25, 0.3) is 0 Å². The van der Waals surface area contributed by atoms with E-state index in [4.69, 9.17) is 10.5 Å². The van der Waals surface area contributed by atoms with Gasteiger partial charge in [0.2, 0.25) is 0 Å². The second kappa shape index (κ2) is 6.48. The highest BCUT2D eigenvalue weighted by Crippen LogP contribution is 2.28. The van der Waals surface area contributed by atoms with Gasteiger partial charge in [-0.25, -0.2) is 0 Å². The number of nitrogens with zero attached hydrogens (tertiary/aromatic N) is 1.